The molecule has 4 rings (SSSR count). The Hall–Kier alpha value is -2.97. The second-order valence-electron chi connectivity index (χ2n) is 7.22. The van der Waals surface area contributed by atoms with Crippen molar-refractivity contribution in [2.45, 2.75) is 29.3 Å². The van der Waals surface area contributed by atoms with Crippen LogP contribution in [0.3, 0.4) is 0 Å². The van der Waals surface area contributed by atoms with E-state index in [-0.39, 0.29) is 16.3 Å². The average molecular weight is 456 g/mol. The second-order valence-corrected chi connectivity index (χ2v) is 10.0. The van der Waals surface area contributed by atoms with Crippen molar-refractivity contribution in [1.82, 2.24) is 4.90 Å². The lowest BCUT2D eigenvalue weighted by Crippen LogP contribution is -2.30. The summed E-state index contributed by atoms with van der Waals surface area (Å²) < 4.78 is 32.4. The summed E-state index contributed by atoms with van der Waals surface area (Å²) in [6.07, 6.45) is 3.42. The van der Waals surface area contributed by atoms with Gasteiger partial charge in [-0.05, 0) is 55.1 Å². The molecule has 0 aliphatic carbocycles. The normalized spacial score (nSPS) is 16.9. The number of hydrogen-bond donors (Lipinski definition) is 1. The highest BCUT2D eigenvalue weighted by atomic mass is 32.2. The van der Waals surface area contributed by atoms with E-state index in [1.807, 2.05) is 25.3 Å². The number of nitrogens with zero attached hydrogens (tertiary/aromatic N) is 1. The standard InChI is InChI=1S/C23H21NO5S2/c1-15-5-11-19(12-6-15)31(27,28)22-20(16-7-9-18(30-2)10-8-16)24(23(26)21(22)25)14-17-4-3-13-29-17/h3-13,20,25H,14H2,1-2H3. The molecule has 0 saturated carbocycles. The van der Waals surface area contributed by atoms with Crippen molar-refractivity contribution in [3.63, 3.8) is 0 Å². The van der Waals surface area contributed by atoms with E-state index < -0.39 is 27.5 Å². The van der Waals surface area contributed by atoms with Crippen LogP contribution in [-0.2, 0) is 21.2 Å². The summed E-state index contributed by atoms with van der Waals surface area (Å²) in [4.78, 5) is 15.0. The molecule has 0 bridgehead atoms. The van der Waals surface area contributed by atoms with Crippen LogP contribution < -0.4 is 0 Å². The van der Waals surface area contributed by atoms with Gasteiger partial charge in [0.15, 0.2) is 5.76 Å². The van der Waals surface area contributed by atoms with E-state index in [9.17, 15) is 18.3 Å². The highest BCUT2D eigenvalue weighted by Crippen LogP contribution is 2.43. The number of rotatable bonds is 6. The number of carbonyl (C=O) groups is 1. The molecular weight excluding hydrogens is 434 g/mol. The third kappa shape index (κ3) is 3.88. The van der Waals surface area contributed by atoms with Crippen LogP contribution in [0.2, 0.25) is 0 Å². The maximum absolute atomic E-state index is 13.5. The molecule has 1 amide bonds. The lowest BCUT2D eigenvalue weighted by atomic mass is 10.1. The van der Waals surface area contributed by atoms with E-state index in [2.05, 4.69) is 0 Å². The Morgan fingerprint density at radius 3 is 2.32 bits per heavy atom. The summed E-state index contributed by atoms with van der Waals surface area (Å²) in [6, 6.07) is 16.0. The zero-order valence-electron chi connectivity index (χ0n) is 17.0. The number of carbonyl (C=O) groups excluding carboxylic acids is 1. The van der Waals surface area contributed by atoms with E-state index >= 15 is 0 Å². The first-order valence-electron chi connectivity index (χ1n) is 9.55. The number of benzene rings is 2. The number of aliphatic hydroxyl groups is 1. The molecule has 2 aromatic carbocycles. The van der Waals surface area contributed by atoms with Crippen LogP contribution in [0.4, 0.5) is 0 Å². The van der Waals surface area contributed by atoms with E-state index in [4.69, 9.17) is 4.42 Å². The third-order valence-electron chi connectivity index (χ3n) is 5.22. The van der Waals surface area contributed by atoms with Crippen molar-refractivity contribution in [2.24, 2.45) is 0 Å². The molecule has 1 unspecified atom stereocenters. The Bertz CT molecular complexity index is 1230. The first-order chi connectivity index (χ1) is 14.8. The summed E-state index contributed by atoms with van der Waals surface area (Å²) in [5.74, 6) is -1.02. The molecule has 0 radical (unpaired) electrons. The Morgan fingerprint density at radius 2 is 1.74 bits per heavy atom. The fraction of sp³-hybridized carbons (Fsp3) is 0.174. The minimum absolute atomic E-state index is 0.0256. The topological polar surface area (TPSA) is 87.8 Å². The molecule has 6 nitrogen and oxygen atoms in total. The number of amides is 1. The Labute approximate surface area is 185 Å². The number of hydrogen-bond acceptors (Lipinski definition) is 6. The first kappa shape index (κ1) is 21.3. The summed E-state index contributed by atoms with van der Waals surface area (Å²) in [5, 5.41) is 10.7. The SMILES string of the molecule is CSc1ccc(C2C(S(=O)(=O)c3ccc(C)cc3)=C(O)C(=O)N2Cc2ccco2)cc1. The fourth-order valence-electron chi connectivity index (χ4n) is 3.60. The van der Waals surface area contributed by atoms with Crippen molar-refractivity contribution < 1.29 is 22.7 Å². The molecule has 3 aromatic rings. The number of sulfone groups is 1. The Balaban J connectivity index is 1.85. The van der Waals surface area contributed by atoms with Crippen molar-refractivity contribution in [1.29, 1.82) is 0 Å². The Morgan fingerprint density at radius 1 is 1.06 bits per heavy atom. The van der Waals surface area contributed by atoms with E-state index in [1.54, 1.807) is 48.2 Å². The van der Waals surface area contributed by atoms with E-state index in [0.717, 1.165) is 10.5 Å². The van der Waals surface area contributed by atoms with Gasteiger partial charge in [-0.2, -0.15) is 0 Å². The van der Waals surface area contributed by atoms with Gasteiger partial charge in [-0.3, -0.25) is 4.79 Å². The van der Waals surface area contributed by atoms with Gasteiger partial charge in [-0.25, -0.2) is 8.42 Å². The number of furan rings is 1. The molecule has 1 aromatic heterocycles. The van der Waals surface area contributed by atoms with Crippen molar-refractivity contribution in [2.75, 3.05) is 6.26 Å². The van der Waals surface area contributed by atoms with Gasteiger partial charge in [0.2, 0.25) is 9.84 Å². The van der Waals surface area contributed by atoms with Crippen LogP contribution in [0.1, 0.15) is 22.9 Å². The van der Waals surface area contributed by atoms with Crippen LogP contribution in [-0.4, -0.2) is 30.6 Å². The van der Waals surface area contributed by atoms with Crippen LogP contribution in [0.25, 0.3) is 0 Å². The molecule has 2 heterocycles. The maximum atomic E-state index is 13.5. The smallest absolute Gasteiger partial charge is 0.291 e. The molecule has 0 spiro atoms. The average Bonchev–Trinajstić information content (AvgIpc) is 3.37. The molecular formula is C23H21NO5S2. The van der Waals surface area contributed by atoms with Crippen molar-refractivity contribution in [3.8, 4) is 0 Å². The molecule has 1 N–H and O–H groups in total. The van der Waals surface area contributed by atoms with Crippen molar-refractivity contribution in [3.05, 3.63) is 94.5 Å². The van der Waals surface area contributed by atoms with E-state index in [0.29, 0.717) is 11.3 Å². The molecule has 0 fully saturated rings. The predicted octanol–water partition coefficient (Wildman–Crippen LogP) is 4.64. The Kier molecular flexibility index (Phi) is 5.68. The first-order valence-corrected chi connectivity index (χ1v) is 12.3. The van der Waals surface area contributed by atoms with E-state index in [1.165, 1.54) is 23.3 Å². The zero-order valence-corrected chi connectivity index (χ0v) is 18.6. The minimum atomic E-state index is -4.13. The molecule has 1 atom stereocenters. The summed E-state index contributed by atoms with van der Waals surface area (Å²) in [7, 11) is -4.13. The van der Waals surface area contributed by atoms with Crippen LogP contribution in [0.15, 0.2) is 91.8 Å². The molecule has 1 aliphatic rings. The predicted molar refractivity (Wildman–Crippen MR) is 118 cm³/mol. The monoisotopic (exact) mass is 455 g/mol. The molecule has 1 aliphatic heterocycles. The van der Waals surface area contributed by atoms with Crippen molar-refractivity contribution >= 4 is 27.5 Å². The van der Waals surface area contributed by atoms with Crippen LogP contribution >= 0.6 is 11.8 Å². The number of aryl methyl sites for hydroxylation is 1. The summed E-state index contributed by atoms with van der Waals surface area (Å²) >= 11 is 1.56. The summed E-state index contributed by atoms with van der Waals surface area (Å²) in [6.45, 7) is 1.88. The molecule has 0 saturated heterocycles. The summed E-state index contributed by atoms with van der Waals surface area (Å²) in [5.41, 5.74) is 1.50. The van der Waals surface area contributed by atoms with Gasteiger partial charge in [0.05, 0.1) is 23.7 Å². The largest absolute Gasteiger partial charge is 0.502 e. The molecule has 160 valence electrons. The number of thioether (sulfide) groups is 1. The second kappa shape index (κ2) is 8.28. The minimum Gasteiger partial charge on any atom is -0.502 e. The number of aliphatic hydroxyl groups excluding tert-OH is 1. The van der Waals surface area contributed by atoms with Gasteiger partial charge in [-0.1, -0.05) is 29.8 Å². The van der Waals surface area contributed by atoms with Gasteiger partial charge in [-0.15, -0.1) is 11.8 Å². The fourth-order valence-corrected chi connectivity index (χ4v) is 5.66. The third-order valence-corrected chi connectivity index (χ3v) is 7.85. The highest BCUT2D eigenvalue weighted by Gasteiger charge is 2.47. The van der Waals surface area contributed by atoms with Gasteiger partial charge in [0.25, 0.3) is 5.91 Å². The van der Waals surface area contributed by atoms with Gasteiger partial charge < -0.3 is 14.4 Å². The van der Waals surface area contributed by atoms with Gasteiger partial charge in [0, 0.05) is 4.90 Å². The van der Waals surface area contributed by atoms with Gasteiger partial charge in [0.1, 0.15) is 10.7 Å². The lowest BCUT2D eigenvalue weighted by molar-refractivity contribution is -0.130. The van der Waals surface area contributed by atoms with Crippen LogP contribution in [0, 0.1) is 6.92 Å². The van der Waals surface area contributed by atoms with Crippen LogP contribution in [0.5, 0.6) is 0 Å². The highest BCUT2D eigenvalue weighted by molar-refractivity contribution is 7.98. The zero-order chi connectivity index (χ0) is 22.2. The molecule has 31 heavy (non-hydrogen) atoms. The quantitative estimate of drug-likeness (QED) is 0.545. The maximum Gasteiger partial charge on any atom is 0.291 e. The van der Waals surface area contributed by atoms with Gasteiger partial charge >= 0.3 is 0 Å². The lowest BCUT2D eigenvalue weighted by Gasteiger charge is -2.26. The molecule has 8 heteroatoms.